The van der Waals surface area contributed by atoms with E-state index in [-0.39, 0.29) is 9.62 Å². The normalized spacial score (nSPS) is 36.9. The first-order chi connectivity index (χ1) is 20.9. The molecule has 6 heteroatoms. The molecule has 1 aromatic carbocycles. The maximum Gasteiger partial charge on any atom is 0.192 e. The van der Waals surface area contributed by atoms with Crippen LogP contribution in [0.15, 0.2) is 29.2 Å². The van der Waals surface area contributed by atoms with Crippen molar-refractivity contribution in [1.82, 2.24) is 0 Å². The Hall–Kier alpha value is -0.303. The number of fused-ring (bicyclic) bond motifs is 5. The summed E-state index contributed by atoms with van der Waals surface area (Å²) in [5, 5.41) is 0.283. The van der Waals surface area contributed by atoms with Gasteiger partial charge in [-0.25, -0.2) is 8.42 Å². The molecule has 0 spiro atoms. The van der Waals surface area contributed by atoms with Crippen LogP contribution in [-0.2, 0) is 14.3 Å². The second-order valence-electron chi connectivity index (χ2n) is 18.1. The van der Waals surface area contributed by atoms with E-state index in [0.717, 1.165) is 54.4 Å². The van der Waals surface area contributed by atoms with Crippen LogP contribution >= 0.6 is 11.8 Å². The van der Waals surface area contributed by atoms with Crippen molar-refractivity contribution in [2.75, 3.05) is 6.26 Å². The molecule has 0 aromatic heterocycles. The number of hydrogen-bond acceptors (Lipinski definition) is 4. The molecule has 4 fully saturated rings. The quantitative estimate of drug-likeness (QED) is 0.232. The first-order valence-electron chi connectivity index (χ1n) is 18.4. The Labute approximate surface area is 283 Å². The first-order valence-corrected chi connectivity index (χ1v) is 24.2. The van der Waals surface area contributed by atoms with Crippen LogP contribution in [-0.4, -0.2) is 33.7 Å². The number of sulfone groups is 1. The average Bonchev–Trinajstić information content (AvgIpc) is 3.32. The number of hydrogen-bond donors (Lipinski definition) is 0. The van der Waals surface area contributed by atoms with Gasteiger partial charge in [-0.05, 0) is 154 Å². The fraction of sp³-hybridized carbons (Fsp3) is 0.846. The van der Waals surface area contributed by atoms with Gasteiger partial charge in [-0.15, -0.1) is 11.8 Å². The van der Waals surface area contributed by atoms with Gasteiger partial charge in [0.15, 0.2) is 18.2 Å². The number of aryl methyl sites for hydroxylation is 1. The molecule has 0 radical (unpaired) electrons. The van der Waals surface area contributed by atoms with Crippen molar-refractivity contribution in [1.29, 1.82) is 0 Å². The molecule has 0 heterocycles. The molecule has 4 aliphatic rings. The molecule has 5 rings (SSSR count). The minimum Gasteiger partial charge on any atom is -0.414 e. The van der Waals surface area contributed by atoms with Crippen LogP contribution in [0.1, 0.15) is 124 Å². The second-order valence-corrected chi connectivity index (χ2v) is 26.3. The molecule has 3 nitrogen and oxygen atoms in total. The van der Waals surface area contributed by atoms with Gasteiger partial charge in [-0.1, -0.05) is 72.1 Å². The number of benzene rings is 1. The largest absolute Gasteiger partial charge is 0.414 e. The highest BCUT2D eigenvalue weighted by Gasteiger charge is 2.61. The van der Waals surface area contributed by atoms with Crippen LogP contribution in [0.3, 0.4) is 0 Å². The first kappa shape index (κ1) is 36.0. The predicted octanol–water partition coefficient (Wildman–Crippen LogP) is 11.3. The zero-order chi connectivity index (χ0) is 33.0. The Morgan fingerprint density at radius 1 is 0.933 bits per heavy atom. The standard InChI is InChI=1S/C39H66O3S2Si/c1-27-14-17-31(18-15-27)44(40,41)36(43-8)13-11-12-28(2)33-20-21-34-32-19-16-29-26-30(42-45(9,10)37(3,4)5)22-24-38(29,6)35(32)23-25-39(33,34)7/h14-15,17-18,28-30,32-36H,11-13,16,19-26H2,1-10H3/t28-,29?,30-,32+,33-,34+,35+,36?,38+,39-/m1/s1. The summed E-state index contributed by atoms with van der Waals surface area (Å²) in [6, 6.07) is 7.41. The third-order valence-corrected chi connectivity index (χ3v) is 23.2. The lowest BCUT2D eigenvalue weighted by molar-refractivity contribution is -0.127. The van der Waals surface area contributed by atoms with Crippen LogP contribution < -0.4 is 0 Å². The van der Waals surface area contributed by atoms with Crippen molar-refractivity contribution in [2.45, 2.75) is 159 Å². The zero-order valence-corrected chi connectivity index (χ0v) is 33.1. The summed E-state index contributed by atoms with van der Waals surface area (Å²) < 4.78 is 33.4. The fourth-order valence-corrected chi connectivity index (χ4v) is 15.4. The highest BCUT2D eigenvalue weighted by atomic mass is 32.3. The Morgan fingerprint density at radius 2 is 1.58 bits per heavy atom. The van der Waals surface area contributed by atoms with Crippen LogP contribution in [0.5, 0.6) is 0 Å². The minimum absolute atomic E-state index is 0.283. The molecule has 4 saturated carbocycles. The summed E-state index contributed by atoms with van der Waals surface area (Å²) in [5.74, 6) is 4.96. The Bertz CT molecular complexity index is 1270. The molecule has 45 heavy (non-hydrogen) atoms. The number of thioether (sulfide) groups is 1. The van der Waals surface area contributed by atoms with Crippen molar-refractivity contribution in [3.05, 3.63) is 29.8 Å². The predicted molar refractivity (Wildman–Crippen MR) is 196 cm³/mol. The van der Waals surface area contributed by atoms with Crippen LogP contribution in [0.2, 0.25) is 18.1 Å². The van der Waals surface area contributed by atoms with Gasteiger partial charge in [0, 0.05) is 6.10 Å². The molecule has 0 bridgehead atoms. The molecular formula is C39H66O3S2Si. The molecule has 0 saturated heterocycles. The minimum atomic E-state index is -3.31. The summed E-state index contributed by atoms with van der Waals surface area (Å²) in [6.45, 7) is 21.9. The lowest BCUT2D eigenvalue weighted by Crippen LogP contribution is -2.55. The van der Waals surface area contributed by atoms with Crippen molar-refractivity contribution in [2.24, 2.45) is 46.3 Å². The van der Waals surface area contributed by atoms with E-state index in [1.165, 1.54) is 69.5 Å². The van der Waals surface area contributed by atoms with Gasteiger partial charge in [0.25, 0.3) is 0 Å². The molecule has 10 atom stereocenters. The van der Waals surface area contributed by atoms with Crippen molar-refractivity contribution < 1.29 is 12.8 Å². The summed E-state index contributed by atoms with van der Waals surface area (Å²) in [4.78, 5) is 0.475. The van der Waals surface area contributed by atoms with E-state index in [2.05, 4.69) is 54.6 Å². The van der Waals surface area contributed by atoms with Crippen LogP contribution in [0, 0.1) is 53.3 Å². The van der Waals surface area contributed by atoms with E-state index >= 15 is 0 Å². The molecule has 0 amide bonds. The Balaban J connectivity index is 1.19. The lowest BCUT2D eigenvalue weighted by Gasteiger charge is -2.61. The lowest BCUT2D eigenvalue weighted by atomic mass is 9.44. The highest BCUT2D eigenvalue weighted by molar-refractivity contribution is 8.13. The van der Waals surface area contributed by atoms with Gasteiger partial charge in [0.05, 0.1) is 4.90 Å². The smallest absolute Gasteiger partial charge is 0.192 e. The van der Waals surface area contributed by atoms with Crippen molar-refractivity contribution in [3.63, 3.8) is 0 Å². The average molecular weight is 675 g/mol. The molecule has 4 aliphatic carbocycles. The van der Waals surface area contributed by atoms with E-state index in [1.54, 1.807) is 12.1 Å². The maximum absolute atomic E-state index is 13.4. The van der Waals surface area contributed by atoms with E-state index in [0.29, 0.717) is 27.7 Å². The van der Waals surface area contributed by atoms with Gasteiger partial charge in [0.2, 0.25) is 0 Å². The van der Waals surface area contributed by atoms with Crippen LogP contribution in [0.25, 0.3) is 0 Å². The summed E-state index contributed by atoms with van der Waals surface area (Å²) in [7, 11) is -5.04. The van der Waals surface area contributed by atoms with Crippen LogP contribution in [0.4, 0.5) is 0 Å². The van der Waals surface area contributed by atoms with Gasteiger partial charge in [-0.2, -0.15) is 0 Å². The van der Waals surface area contributed by atoms with E-state index < -0.39 is 18.2 Å². The summed E-state index contributed by atoms with van der Waals surface area (Å²) >= 11 is 1.51. The SMILES string of the molecule is CSC(CCC[C@@H](C)[C@H]1CC[C@H]2[C@@H]3CCC4C[C@H](O[Si](C)(C)C(C)(C)C)CC[C@]4(C)[C@H]3CC[C@]12C)S(=O)(=O)c1ccc(C)cc1. The third kappa shape index (κ3) is 6.80. The second kappa shape index (κ2) is 13.2. The van der Waals surface area contributed by atoms with Gasteiger partial charge in [0.1, 0.15) is 4.58 Å². The molecule has 256 valence electrons. The summed E-state index contributed by atoms with van der Waals surface area (Å²) in [6.07, 6.45) is 17.7. The molecule has 0 aliphatic heterocycles. The number of rotatable bonds is 10. The molecule has 1 aromatic rings. The molecular weight excluding hydrogens is 609 g/mol. The van der Waals surface area contributed by atoms with E-state index in [9.17, 15) is 8.42 Å². The molecule has 2 unspecified atom stereocenters. The summed E-state index contributed by atoms with van der Waals surface area (Å²) in [5.41, 5.74) is 2.05. The topological polar surface area (TPSA) is 43.4 Å². The fourth-order valence-electron chi connectivity index (χ4n) is 11.0. The third-order valence-electron chi connectivity index (χ3n) is 14.7. The molecule has 0 N–H and O–H groups in total. The van der Waals surface area contributed by atoms with Crippen molar-refractivity contribution >= 4 is 29.9 Å². The van der Waals surface area contributed by atoms with E-state index in [4.69, 9.17) is 4.43 Å². The monoisotopic (exact) mass is 674 g/mol. The van der Waals surface area contributed by atoms with E-state index in [1.807, 2.05) is 25.3 Å². The maximum atomic E-state index is 13.4. The van der Waals surface area contributed by atoms with Gasteiger partial charge < -0.3 is 4.43 Å². The van der Waals surface area contributed by atoms with Gasteiger partial charge in [-0.3, -0.25) is 0 Å². The van der Waals surface area contributed by atoms with Gasteiger partial charge >= 0.3 is 0 Å². The Kier molecular flexibility index (Phi) is 10.6. The van der Waals surface area contributed by atoms with Crippen molar-refractivity contribution in [3.8, 4) is 0 Å². The Morgan fingerprint density at radius 3 is 2.22 bits per heavy atom. The highest BCUT2D eigenvalue weighted by Crippen LogP contribution is 2.68. The zero-order valence-electron chi connectivity index (χ0n) is 30.5.